The Morgan fingerprint density at radius 3 is 2.31 bits per heavy atom. The van der Waals surface area contributed by atoms with E-state index in [4.69, 9.17) is 17.3 Å². The number of amidine groups is 1. The Kier molecular flexibility index (Phi) is 8.54. The van der Waals surface area contributed by atoms with Gasteiger partial charge in [-0.25, -0.2) is 0 Å². The highest BCUT2D eigenvalue weighted by atomic mass is 35.5. The van der Waals surface area contributed by atoms with Crippen LogP contribution in [0.25, 0.3) is 0 Å². The standard InChI is InChI=1S/C24H28ClN3O.C6H13N/c1-24(2)19-14-17(16-10-12-27(4)13-11-16)8-9-22(19)28(23(24)26-3)21-7-5-6-20(25)18(21)15-29;7-6-4-2-1-3-5-6/h5-9,14-16H,10-13H2,1-4H3;6H,1-5,7H2. The van der Waals surface area contributed by atoms with Crippen LogP contribution >= 0.6 is 11.6 Å². The number of nitrogens with two attached hydrogens (primary N) is 1. The molecule has 0 aromatic heterocycles. The van der Waals surface area contributed by atoms with Crippen LogP contribution in [0.5, 0.6) is 0 Å². The summed E-state index contributed by atoms with van der Waals surface area (Å²) >= 11 is 6.33. The van der Waals surface area contributed by atoms with Crippen LogP contribution in [0.3, 0.4) is 0 Å². The van der Waals surface area contributed by atoms with Crippen LogP contribution in [0.1, 0.15) is 86.2 Å². The Balaban J connectivity index is 0.000000375. The highest BCUT2D eigenvalue weighted by Gasteiger charge is 2.43. The molecule has 0 amide bonds. The molecule has 2 aromatic carbocycles. The molecule has 2 fully saturated rings. The van der Waals surface area contributed by atoms with Gasteiger partial charge >= 0.3 is 0 Å². The summed E-state index contributed by atoms with van der Waals surface area (Å²) in [5.41, 5.74) is 10.4. The van der Waals surface area contributed by atoms with E-state index in [2.05, 4.69) is 53.9 Å². The van der Waals surface area contributed by atoms with Crippen LogP contribution in [0, 0.1) is 0 Å². The Hall–Kier alpha value is -2.21. The summed E-state index contributed by atoms with van der Waals surface area (Å²) in [4.78, 5) is 21.0. The topological polar surface area (TPSA) is 61.9 Å². The van der Waals surface area contributed by atoms with Gasteiger partial charge in [0.1, 0.15) is 5.84 Å². The van der Waals surface area contributed by atoms with E-state index in [9.17, 15) is 4.79 Å². The first-order valence-electron chi connectivity index (χ1n) is 13.4. The summed E-state index contributed by atoms with van der Waals surface area (Å²) in [6.07, 6.45) is 9.88. The second-order valence-corrected chi connectivity index (χ2v) is 11.5. The quantitative estimate of drug-likeness (QED) is 0.469. The van der Waals surface area contributed by atoms with Crippen molar-refractivity contribution in [2.75, 3.05) is 32.1 Å². The Morgan fingerprint density at radius 2 is 1.72 bits per heavy atom. The first-order valence-corrected chi connectivity index (χ1v) is 13.7. The summed E-state index contributed by atoms with van der Waals surface area (Å²) < 4.78 is 0. The maximum absolute atomic E-state index is 11.8. The van der Waals surface area contributed by atoms with Gasteiger partial charge in [0.25, 0.3) is 0 Å². The van der Waals surface area contributed by atoms with Gasteiger partial charge in [-0.2, -0.15) is 0 Å². The fraction of sp³-hybridized carbons (Fsp3) is 0.533. The summed E-state index contributed by atoms with van der Waals surface area (Å²) in [6, 6.07) is 12.9. The number of hydrogen-bond donors (Lipinski definition) is 1. The highest BCUT2D eigenvalue weighted by molar-refractivity contribution is 6.34. The van der Waals surface area contributed by atoms with E-state index in [-0.39, 0.29) is 5.41 Å². The molecule has 194 valence electrons. The van der Waals surface area contributed by atoms with Crippen molar-refractivity contribution in [3.63, 3.8) is 0 Å². The number of nitrogens with zero attached hydrogens (tertiary/aromatic N) is 3. The van der Waals surface area contributed by atoms with E-state index in [1.165, 1.54) is 56.1 Å². The number of anilines is 2. The van der Waals surface area contributed by atoms with Gasteiger partial charge in [0, 0.05) is 18.5 Å². The minimum Gasteiger partial charge on any atom is -0.328 e. The van der Waals surface area contributed by atoms with E-state index < -0.39 is 0 Å². The molecule has 6 heteroatoms. The Bertz CT molecular complexity index is 1100. The molecule has 1 aliphatic carbocycles. The van der Waals surface area contributed by atoms with Crippen LogP contribution < -0.4 is 10.6 Å². The Morgan fingerprint density at radius 1 is 1.03 bits per heavy atom. The number of piperidine rings is 1. The maximum atomic E-state index is 11.8. The van der Waals surface area contributed by atoms with Crippen molar-refractivity contribution >= 4 is 35.1 Å². The number of benzene rings is 2. The van der Waals surface area contributed by atoms with Crippen molar-refractivity contribution < 1.29 is 4.79 Å². The SMILES string of the molecule is CN=C1N(c2cccc(Cl)c2C=O)c2ccc(C3CCN(C)CC3)cc2C1(C)C.NC1CCCCC1. The molecule has 2 heterocycles. The molecule has 0 spiro atoms. The van der Waals surface area contributed by atoms with Gasteiger partial charge in [-0.1, -0.05) is 49.1 Å². The first-order chi connectivity index (χ1) is 17.3. The van der Waals surface area contributed by atoms with Crippen LogP contribution in [-0.4, -0.2) is 50.2 Å². The zero-order valence-corrected chi connectivity index (χ0v) is 23.0. The van der Waals surface area contributed by atoms with Crippen LogP contribution in [0.2, 0.25) is 5.02 Å². The molecular formula is C30H41ClN4O. The molecule has 1 saturated carbocycles. The number of hydrogen-bond acceptors (Lipinski definition) is 4. The maximum Gasteiger partial charge on any atom is 0.153 e. The number of likely N-dealkylation sites (tertiary alicyclic amines) is 1. The smallest absolute Gasteiger partial charge is 0.153 e. The average Bonchev–Trinajstić information content (AvgIpc) is 3.10. The number of rotatable bonds is 3. The fourth-order valence-electron chi connectivity index (χ4n) is 5.95. The predicted octanol–water partition coefficient (Wildman–Crippen LogP) is 6.70. The molecule has 3 aliphatic rings. The van der Waals surface area contributed by atoms with Crippen molar-refractivity contribution in [2.24, 2.45) is 10.7 Å². The molecule has 0 bridgehead atoms. The lowest BCUT2D eigenvalue weighted by Gasteiger charge is -2.30. The van der Waals surface area contributed by atoms with Gasteiger partial charge in [-0.3, -0.25) is 14.7 Å². The van der Waals surface area contributed by atoms with Crippen LogP contribution in [0.4, 0.5) is 11.4 Å². The van der Waals surface area contributed by atoms with Gasteiger partial charge in [0.05, 0.1) is 22.0 Å². The average molecular weight is 509 g/mol. The molecule has 2 aliphatic heterocycles. The minimum absolute atomic E-state index is 0.256. The number of aliphatic imine (C=N–C) groups is 1. The van der Waals surface area contributed by atoms with E-state index in [1.54, 1.807) is 6.07 Å². The molecule has 5 rings (SSSR count). The van der Waals surface area contributed by atoms with E-state index in [0.29, 0.717) is 22.5 Å². The van der Waals surface area contributed by atoms with E-state index >= 15 is 0 Å². The fourth-order valence-corrected chi connectivity index (χ4v) is 6.17. The third-order valence-electron chi connectivity index (χ3n) is 8.15. The van der Waals surface area contributed by atoms with Crippen molar-refractivity contribution in [2.45, 2.75) is 76.2 Å². The largest absolute Gasteiger partial charge is 0.328 e. The predicted molar refractivity (Wildman–Crippen MR) is 152 cm³/mol. The molecular weight excluding hydrogens is 468 g/mol. The summed E-state index contributed by atoms with van der Waals surface area (Å²) in [7, 11) is 4.01. The molecule has 5 nitrogen and oxygen atoms in total. The summed E-state index contributed by atoms with van der Waals surface area (Å²) in [6.45, 7) is 6.70. The number of halogens is 1. The second kappa shape index (κ2) is 11.5. The minimum atomic E-state index is -0.256. The van der Waals surface area contributed by atoms with Crippen molar-refractivity contribution in [3.05, 3.63) is 58.1 Å². The second-order valence-electron chi connectivity index (χ2n) is 11.1. The van der Waals surface area contributed by atoms with Gasteiger partial charge < -0.3 is 10.6 Å². The normalized spacial score (nSPS) is 21.7. The number of fused-ring (bicyclic) bond motifs is 1. The van der Waals surface area contributed by atoms with Crippen molar-refractivity contribution in [1.82, 2.24) is 4.90 Å². The molecule has 0 atom stereocenters. The van der Waals surface area contributed by atoms with Crippen molar-refractivity contribution in [1.29, 1.82) is 0 Å². The van der Waals surface area contributed by atoms with Crippen LogP contribution in [0.15, 0.2) is 41.4 Å². The van der Waals surface area contributed by atoms with E-state index in [0.717, 1.165) is 36.6 Å². The van der Waals surface area contributed by atoms with Gasteiger partial charge in [0.2, 0.25) is 0 Å². The van der Waals surface area contributed by atoms with Gasteiger partial charge in [-0.15, -0.1) is 0 Å². The van der Waals surface area contributed by atoms with E-state index in [1.807, 2.05) is 19.2 Å². The molecule has 36 heavy (non-hydrogen) atoms. The Labute approximate surface area is 221 Å². The lowest BCUT2D eigenvalue weighted by molar-refractivity contribution is 0.112. The number of carbonyl (C=O) groups is 1. The number of aldehydes is 1. The molecule has 1 saturated heterocycles. The van der Waals surface area contributed by atoms with Gasteiger partial charge in [-0.05, 0) is 94.9 Å². The van der Waals surface area contributed by atoms with Crippen LogP contribution in [-0.2, 0) is 5.41 Å². The number of carbonyl (C=O) groups excluding carboxylic acids is 1. The first kappa shape index (κ1) is 26.8. The lowest BCUT2D eigenvalue weighted by Crippen LogP contribution is -2.34. The molecule has 0 unspecified atom stereocenters. The highest BCUT2D eigenvalue weighted by Crippen LogP contribution is 2.48. The summed E-state index contributed by atoms with van der Waals surface area (Å²) in [5.74, 6) is 1.53. The third kappa shape index (κ3) is 5.39. The lowest BCUT2D eigenvalue weighted by atomic mass is 9.82. The molecule has 2 aromatic rings. The monoisotopic (exact) mass is 508 g/mol. The zero-order chi connectivity index (χ0) is 25.9. The van der Waals surface area contributed by atoms with Gasteiger partial charge in [0.15, 0.2) is 6.29 Å². The third-order valence-corrected chi connectivity index (χ3v) is 8.48. The van der Waals surface area contributed by atoms with Crippen molar-refractivity contribution in [3.8, 4) is 0 Å². The molecule has 2 N–H and O–H groups in total. The molecule has 0 radical (unpaired) electrons. The summed E-state index contributed by atoms with van der Waals surface area (Å²) in [5, 5.41) is 0.460. The zero-order valence-electron chi connectivity index (χ0n) is 22.3.